The Kier molecular flexibility index (Phi) is 4.44. The van der Waals surface area contributed by atoms with Crippen LogP contribution in [0.25, 0.3) is 0 Å². The molecule has 0 fully saturated rings. The zero-order chi connectivity index (χ0) is 13.7. The van der Waals surface area contributed by atoms with E-state index >= 15 is 0 Å². The summed E-state index contributed by atoms with van der Waals surface area (Å²) in [7, 11) is 0. The van der Waals surface area contributed by atoms with Gasteiger partial charge in [-0.2, -0.15) is 0 Å². The Labute approximate surface area is 107 Å². The third-order valence-electron chi connectivity index (χ3n) is 1.82. The molecule has 8 heteroatoms. The van der Waals surface area contributed by atoms with Gasteiger partial charge in [-0.15, -0.1) is 0 Å². The monoisotopic (exact) mass is 270 g/mol. The van der Waals surface area contributed by atoms with Crippen LogP contribution in [-0.2, 0) is 4.74 Å². The molecule has 0 atom stereocenters. The van der Waals surface area contributed by atoms with Crippen LogP contribution in [0.1, 0.15) is 10.4 Å². The van der Waals surface area contributed by atoms with E-state index in [0.717, 1.165) is 12.1 Å². The minimum absolute atomic E-state index is 0.0158. The molecule has 7 nitrogen and oxygen atoms in total. The number of nitrogens with one attached hydrogen (secondary N) is 1. The molecule has 18 heavy (non-hydrogen) atoms. The van der Waals surface area contributed by atoms with Gasteiger partial charge in [-0.3, -0.25) is 5.32 Å². The van der Waals surface area contributed by atoms with E-state index in [1.165, 1.54) is 6.07 Å². The van der Waals surface area contributed by atoms with Crippen molar-refractivity contribution >= 4 is 35.0 Å². The second-order valence-corrected chi connectivity index (χ2v) is 3.73. The van der Waals surface area contributed by atoms with Gasteiger partial charge in [-0.1, -0.05) is 12.2 Å². The second-order valence-electron chi connectivity index (χ2n) is 3.20. The number of phenols is 1. The third-order valence-corrected chi connectivity index (χ3v) is 1.94. The zero-order valence-electron chi connectivity index (χ0n) is 9.04. The van der Waals surface area contributed by atoms with Crippen LogP contribution in [0.2, 0.25) is 0 Å². The van der Waals surface area contributed by atoms with Crippen LogP contribution in [0.3, 0.4) is 0 Å². The van der Waals surface area contributed by atoms with Crippen molar-refractivity contribution in [1.82, 2.24) is 0 Å². The lowest BCUT2D eigenvalue weighted by Gasteiger charge is -2.07. The first-order chi connectivity index (χ1) is 8.40. The largest absolute Gasteiger partial charge is 0.507 e. The lowest BCUT2D eigenvalue weighted by Crippen LogP contribution is -2.22. The highest BCUT2D eigenvalue weighted by molar-refractivity contribution is 7.80. The lowest BCUT2D eigenvalue weighted by atomic mass is 10.2. The molecule has 0 bridgehead atoms. The van der Waals surface area contributed by atoms with Crippen molar-refractivity contribution in [3.05, 3.63) is 23.8 Å². The highest BCUT2D eigenvalue weighted by Crippen LogP contribution is 2.21. The van der Waals surface area contributed by atoms with Crippen molar-refractivity contribution in [2.75, 3.05) is 11.9 Å². The Balaban J connectivity index is 2.73. The van der Waals surface area contributed by atoms with Crippen LogP contribution < -0.4 is 11.1 Å². The number of rotatable bonds is 4. The number of amides is 1. The average molecular weight is 270 g/mol. The van der Waals surface area contributed by atoms with Crippen molar-refractivity contribution in [1.29, 1.82) is 0 Å². The van der Waals surface area contributed by atoms with Crippen molar-refractivity contribution in [3.8, 4) is 5.75 Å². The van der Waals surface area contributed by atoms with E-state index in [1.807, 2.05) is 0 Å². The molecule has 0 aliphatic carbocycles. The molecule has 1 aromatic carbocycles. The molecule has 0 saturated heterocycles. The lowest BCUT2D eigenvalue weighted by molar-refractivity contribution is 0.0693. The van der Waals surface area contributed by atoms with Gasteiger partial charge >= 0.3 is 12.1 Å². The molecular formula is C10H10N2O5S. The molecule has 0 heterocycles. The van der Waals surface area contributed by atoms with Crippen LogP contribution in [-0.4, -0.2) is 33.9 Å². The molecule has 1 rings (SSSR count). The summed E-state index contributed by atoms with van der Waals surface area (Å²) >= 11 is 4.51. The number of carboxylic acid groups (broad SMARTS) is 1. The number of carboxylic acids is 1. The molecule has 5 N–H and O–H groups in total. The van der Waals surface area contributed by atoms with Gasteiger partial charge in [0.2, 0.25) is 0 Å². The Hall–Kier alpha value is -2.35. The summed E-state index contributed by atoms with van der Waals surface area (Å²) in [5, 5.41) is 20.3. The molecule has 96 valence electrons. The Morgan fingerprint density at radius 2 is 2.11 bits per heavy atom. The maximum Gasteiger partial charge on any atom is 0.412 e. The third kappa shape index (κ3) is 3.91. The fourth-order valence-electron chi connectivity index (χ4n) is 1.08. The summed E-state index contributed by atoms with van der Waals surface area (Å²) in [4.78, 5) is 22.0. The van der Waals surface area contributed by atoms with Gasteiger partial charge in [0.15, 0.2) is 0 Å². The molecule has 0 aromatic heterocycles. The highest BCUT2D eigenvalue weighted by Gasteiger charge is 2.11. The second kappa shape index (κ2) is 5.82. The normalized spacial score (nSPS) is 9.56. The highest BCUT2D eigenvalue weighted by atomic mass is 32.1. The molecule has 0 radical (unpaired) electrons. The van der Waals surface area contributed by atoms with Gasteiger partial charge < -0.3 is 20.7 Å². The minimum Gasteiger partial charge on any atom is -0.507 e. The first-order valence-electron chi connectivity index (χ1n) is 4.68. The molecule has 0 aliphatic rings. The summed E-state index contributed by atoms with van der Waals surface area (Å²) in [5.74, 6) is -1.71. The van der Waals surface area contributed by atoms with Crippen molar-refractivity contribution in [2.24, 2.45) is 5.73 Å². The topological polar surface area (TPSA) is 122 Å². The van der Waals surface area contributed by atoms with Crippen LogP contribution in [0.5, 0.6) is 5.75 Å². The molecule has 0 saturated carbocycles. The smallest absolute Gasteiger partial charge is 0.412 e. The minimum atomic E-state index is -1.31. The fraction of sp³-hybridized carbons (Fsp3) is 0.100. The quantitative estimate of drug-likeness (QED) is 0.474. The number of aromatic carboxylic acids is 1. The molecular weight excluding hydrogens is 260 g/mol. The molecule has 0 unspecified atom stereocenters. The van der Waals surface area contributed by atoms with Crippen LogP contribution in [0.15, 0.2) is 18.2 Å². The van der Waals surface area contributed by atoms with Gasteiger partial charge in [0.25, 0.3) is 0 Å². The summed E-state index contributed by atoms with van der Waals surface area (Å²) in [5.41, 5.74) is 4.97. The first-order valence-corrected chi connectivity index (χ1v) is 5.09. The number of hydrogen-bond donors (Lipinski definition) is 4. The van der Waals surface area contributed by atoms with Crippen molar-refractivity contribution < 1.29 is 24.5 Å². The summed E-state index contributed by atoms with van der Waals surface area (Å²) in [6.45, 7) is -0.217. The number of ether oxygens (including phenoxy) is 1. The number of thiocarbonyl (C=S) groups is 1. The molecule has 1 aromatic rings. The van der Waals surface area contributed by atoms with Crippen molar-refractivity contribution in [3.63, 3.8) is 0 Å². The predicted octanol–water partition coefficient (Wildman–Crippen LogP) is 0.925. The number of carbonyl (C=O) groups excluding carboxylic acids is 1. The summed E-state index contributed by atoms with van der Waals surface area (Å²) in [6, 6.07) is 3.57. The first kappa shape index (κ1) is 13.7. The van der Waals surface area contributed by atoms with Gasteiger partial charge in [-0.05, 0) is 18.2 Å². The van der Waals surface area contributed by atoms with Gasteiger partial charge in [0.05, 0.1) is 0 Å². The van der Waals surface area contributed by atoms with Gasteiger partial charge in [0.1, 0.15) is 22.9 Å². The maximum absolute atomic E-state index is 11.2. The average Bonchev–Trinajstić information content (AvgIpc) is 2.28. The van der Waals surface area contributed by atoms with Gasteiger partial charge in [0, 0.05) is 5.69 Å². The Bertz CT molecular complexity index is 503. The van der Waals surface area contributed by atoms with E-state index < -0.39 is 17.8 Å². The Morgan fingerprint density at radius 1 is 1.44 bits per heavy atom. The van der Waals surface area contributed by atoms with E-state index in [4.69, 9.17) is 10.8 Å². The van der Waals surface area contributed by atoms with Crippen LogP contribution in [0.4, 0.5) is 10.5 Å². The molecule has 1 amide bonds. The van der Waals surface area contributed by atoms with Crippen molar-refractivity contribution in [2.45, 2.75) is 0 Å². The standard InChI is InChI=1S/C10H10N2O5S/c11-8(18)4-17-10(16)12-5-1-2-7(13)6(3-5)9(14)15/h1-3,13H,4H2,(H2,11,18)(H,12,16)(H,14,15). The molecule has 0 aliphatic heterocycles. The number of hydrogen-bond acceptors (Lipinski definition) is 5. The van der Waals surface area contributed by atoms with Gasteiger partial charge in [-0.25, -0.2) is 9.59 Å². The van der Waals surface area contributed by atoms with E-state index in [2.05, 4.69) is 22.3 Å². The predicted molar refractivity (Wildman–Crippen MR) is 66.8 cm³/mol. The van der Waals surface area contributed by atoms with E-state index in [-0.39, 0.29) is 22.8 Å². The maximum atomic E-state index is 11.2. The van der Waals surface area contributed by atoms with Crippen LogP contribution >= 0.6 is 12.2 Å². The van der Waals surface area contributed by atoms with E-state index in [1.54, 1.807) is 0 Å². The number of nitrogens with two attached hydrogens (primary N) is 1. The number of carbonyl (C=O) groups is 2. The number of benzene rings is 1. The number of aromatic hydroxyl groups is 1. The van der Waals surface area contributed by atoms with Crippen LogP contribution in [0, 0.1) is 0 Å². The SMILES string of the molecule is NC(=S)COC(=O)Nc1ccc(O)c(C(=O)O)c1. The zero-order valence-corrected chi connectivity index (χ0v) is 9.86. The fourth-order valence-corrected chi connectivity index (χ4v) is 1.13. The molecule has 0 spiro atoms. The summed E-state index contributed by atoms with van der Waals surface area (Å²) in [6.07, 6.45) is -0.829. The van der Waals surface area contributed by atoms with E-state index in [0.29, 0.717) is 0 Å². The summed E-state index contributed by atoms with van der Waals surface area (Å²) < 4.78 is 4.61. The van der Waals surface area contributed by atoms with E-state index in [9.17, 15) is 14.7 Å². The number of anilines is 1. The Morgan fingerprint density at radius 3 is 2.67 bits per heavy atom.